The number of carbonyl (C=O) groups excluding carboxylic acids is 1. The van der Waals surface area contributed by atoms with Crippen LogP contribution in [0.2, 0.25) is 5.02 Å². The zero-order chi connectivity index (χ0) is 24.6. The van der Waals surface area contributed by atoms with Gasteiger partial charge in [-0.05, 0) is 24.3 Å². The number of nitrogens with zero attached hydrogens (tertiary/aromatic N) is 5. The number of carbonyl (C=O) groups is 2. The van der Waals surface area contributed by atoms with Crippen LogP contribution < -0.4 is 4.90 Å². The summed E-state index contributed by atoms with van der Waals surface area (Å²) >= 11 is 5.87. The fourth-order valence-corrected chi connectivity index (χ4v) is 4.35. The molecule has 34 heavy (non-hydrogen) atoms. The minimum absolute atomic E-state index is 0.00169. The molecule has 2 fully saturated rings. The quantitative estimate of drug-likeness (QED) is 0.656. The lowest BCUT2D eigenvalue weighted by molar-refractivity contribution is -0.141. The van der Waals surface area contributed by atoms with Crippen molar-refractivity contribution < 1.29 is 33.0 Å². The smallest absolute Gasteiger partial charge is 0.434 e. The minimum atomic E-state index is -4.96. The van der Waals surface area contributed by atoms with Gasteiger partial charge in [0.2, 0.25) is 5.95 Å². The van der Waals surface area contributed by atoms with E-state index in [0.29, 0.717) is 43.0 Å². The molecule has 0 unspecified atom stereocenters. The number of anilines is 1. The second-order valence-electron chi connectivity index (χ2n) is 8.11. The third-order valence-electron chi connectivity index (χ3n) is 5.98. The van der Waals surface area contributed by atoms with Gasteiger partial charge in [-0.1, -0.05) is 11.6 Å². The second kappa shape index (κ2) is 9.35. The Morgan fingerprint density at radius 1 is 1.06 bits per heavy atom. The third-order valence-corrected chi connectivity index (χ3v) is 6.23. The summed E-state index contributed by atoms with van der Waals surface area (Å²) in [6, 6.07) is 6.19. The maximum atomic E-state index is 13.3. The number of carboxylic acid groups (broad SMARTS) is 1. The molecule has 0 radical (unpaired) electrons. The number of carboxylic acids is 1. The first kappa shape index (κ1) is 24.2. The number of aliphatic hydroxyl groups is 1. The number of alkyl halides is 3. The molecule has 182 valence electrons. The van der Waals surface area contributed by atoms with Gasteiger partial charge in [0.25, 0.3) is 5.91 Å². The predicted octanol–water partition coefficient (Wildman–Crippen LogP) is 1.85. The number of amides is 1. The SMILES string of the molecule is O=C(O)c1cnc(N2C[C@@H](O)[C@H](N3CCN(C(=O)c4ccc(Cl)cc4)CC3)C2)nc1C(F)(F)F. The van der Waals surface area contributed by atoms with Crippen LogP contribution in [-0.4, -0.2) is 93.3 Å². The van der Waals surface area contributed by atoms with Crippen LogP contribution in [0.1, 0.15) is 26.4 Å². The Hall–Kier alpha value is -2.96. The number of β-amino-alcohol motifs (C(OH)–C–C–N with tert-alkyl or cyclic N) is 1. The molecule has 13 heteroatoms. The van der Waals surface area contributed by atoms with Gasteiger partial charge in [0.15, 0.2) is 5.69 Å². The van der Waals surface area contributed by atoms with Crippen molar-refractivity contribution in [2.45, 2.75) is 18.3 Å². The van der Waals surface area contributed by atoms with Crippen molar-refractivity contribution in [3.05, 3.63) is 52.3 Å². The molecular weight excluding hydrogens is 479 g/mol. The molecule has 0 bridgehead atoms. The summed E-state index contributed by atoms with van der Waals surface area (Å²) in [5.41, 5.74) is -2.04. The van der Waals surface area contributed by atoms with Crippen molar-refractivity contribution in [2.75, 3.05) is 44.2 Å². The number of hydrogen-bond donors (Lipinski definition) is 2. The number of benzene rings is 1. The fourth-order valence-electron chi connectivity index (χ4n) is 4.22. The van der Waals surface area contributed by atoms with Crippen molar-refractivity contribution in [1.29, 1.82) is 0 Å². The van der Waals surface area contributed by atoms with Crippen LogP contribution in [0, 0.1) is 0 Å². The van der Waals surface area contributed by atoms with Crippen molar-refractivity contribution in [3.63, 3.8) is 0 Å². The molecule has 0 aliphatic carbocycles. The van der Waals surface area contributed by atoms with Gasteiger partial charge >= 0.3 is 12.1 Å². The summed E-state index contributed by atoms with van der Waals surface area (Å²) in [5, 5.41) is 20.1. The van der Waals surface area contributed by atoms with Crippen LogP contribution in [0.5, 0.6) is 0 Å². The molecule has 4 rings (SSSR count). The molecule has 2 aliphatic heterocycles. The van der Waals surface area contributed by atoms with Crippen molar-refractivity contribution in [1.82, 2.24) is 19.8 Å². The minimum Gasteiger partial charge on any atom is -0.478 e. The maximum Gasteiger partial charge on any atom is 0.434 e. The van der Waals surface area contributed by atoms with E-state index in [9.17, 15) is 27.9 Å². The standard InChI is InChI=1S/C21H21ClF3N5O4/c22-13-3-1-12(2-4-13)18(32)29-7-5-28(6-8-29)15-10-30(11-16(15)31)20-26-9-14(19(33)34)17(27-20)21(23,24)25/h1-4,9,15-16,31H,5-8,10-11H2,(H,33,34)/t15-,16-/m1/s1. The Bertz CT molecular complexity index is 1080. The van der Waals surface area contributed by atoms with Gasteiger partial charge in [0, 0.05) is 56.1 Å². The number of piperazine rings is 1. The maximum absolute atomic E-state index is 13.3. The highest BCUT2D eigenvalue weighted by molar-refractivity contribution is 6.30. The average Bonchev–Trinajstić information content (AvgIpc) is 3.19. The molecule has 2 atom stereocenters. The Morgan fingerprint density at radius 3 is 2.29 bits per heavy atom. The molecule has 9 nitrogen and oxygen atoms in total. The summed E-state index contributed by atoms with van der Waals surface area (Å²) in [6.45, 7) is 1.96. The summed E-state index contributed by atoms with van der Waals surface area (Å²) in [5.74, 6) is -2.20. The largest absolute Gasteiger partial charge is 0.478 e. The van der Waals surface area contributed by atoms with E-state index in [1.165, 1.54) is 4.90 Å². The molecule has 3 heterocycles. The molecule has 2 saturated heterocycles. The molecule has 1 aromatic carbocycles. The first-order valence-electron chi connectivity index (χ1n) is 10.4. The lowest BCUT2D eigenvalue weighted by Crippen LogP contribution is -2.54. The second-order valence-corrected chi connectivity index (χ2v) is 8.55. The highest BCUT2D eigenvalue weighted by Crippen LogP contribution is 2.32. The van der Waals surface area contributed by atoms with Crippen molar-refractivity contribution in [2.24, 2.45) is 0 Å². The van der Waals surface area contributed by atoms with E-state index in [1.807, 2.05) is 4.90 Å². The normalized spacial score (nSPS) is 21.7. The average molecular weight is 500 g/mol. The van der Waals surface area contributed by atoms with Crippen LogP contribution in [0.25, 0.3) is 0 Å². The fraction of sp³-hybridized carbons (Fsp3) is 0.429. The predicted molar refractivity (Wildman–Crippen MR) is 115 cm³/mol. The lowest BCUT2D eigenvalue weighted by atomic mass is 10.1. The zero-order valence-corrected chi connectivity index (χ0v) is 18.5. The Balaban J connectivity index is 1.42. The monoisotopic (exact) mass is 499 g/mol. The summed E-state index contributed by atoms with van der Waals surface area (Å²) in [7, 11) is 0. The Labute approximate surface area is 197 Å². The van der Waals surface area contributed by atoms with E-state index in [0.717, 1.165) is 0 Å². The van der Waals surface area contributed by atoms with E-state index in [-0.39, 0.29) is 24.9 Å². The molecule has 1 aromatic heterocycles. The van der Waals surface area contributed by atoms with E-state index in [1.54, 1.807) is 29.2 Å². The molecule has 2 N–H and O–H groups in total. The van der Waals surface area contributed by atoms with E-state index >= 15 is 0 Å². The number of aromatic carboxylic acids is 1. The van der Waals surface area contributed by atoms with E-state index < -0.39 is 35.5 Å². The van der Waals surface area contributed by atoms with Gasteiger partial charge in [-0.3, -0.25) is 9.69 Å². The summed E-state index contributed by atoms with van der Waals surface area (Å²) in [4.78, 5) is 36.1. The van der Waals surface area contributed by atoms with Gasteiger partial charge in [0.05, 0.1) is 12.1 Å². The number of hydrogen-bond acceptors (Lipinski definition) is 7. The van der Waals surface area contributed by atoms with Crippen LogP contribution >= 0.6 is 11.6 Å². The topological polar surface area (TPSA) is 110 Å². The Kier molecular flexibility index (Phi) is 6.65. The number of halogens is 4. The van der Waals surface area contributed by atoms with Crippen LogP contribution in [-0.2, 0) is 6.18 Å². The molecule has 0 saturated carbocycles. The molecule has 0 spiro atoms. The lowest BCUT2D eigenvalue weighted by Gasteiger charge is -2.38. The summed E-state index contributed by atoms with van der Waals surface area (Å²) < 4.78 is 39.9. The molecular formula is C21H21ClF3N5O4. The van der Waals surface area contributed by atoms with E-state index in [2.05, 4.69) is 9.97 Å². The summed E-state index contributed by atoms with van der Waals surface area (Å²) in [6.07, 6.45) is -5.21. The van der Waals surface area contributed by atoms with Crippen LogP contribution in [0.15, 0.2) is 30.5 Å². The molecule has 2 aliphatic rings. The first-order chi connectivity index (χ1) is 16.0. The van der Waals surface area contributed by atoms with Crippen LogP contribution in [0.3, 0.4) is 0 Å². The van der Waals surface area contributed by atoms with Gasteiger partial charge in [-0.2, -0.15) is 13.2 Å². The highest BCUT2D eigenvalue weighted by Gasteiger charge is 2.41. The van der Waals surface area contributed by atoms with E-state index in [4.69, 9.17) is 16.7 Å². The molecule has 1 amide bonds. The van der Waals surface area contributed by atoms with Crippen molar-refractivity contribution in [3.8, 4) is 0 Å². The zero-order valence-electron chi connectivity index (χ0n) is 17.7. The molecule has 2 aromatic rings. The highest BCUT2D eigenvalue weighted by atomic mass is 35.5. The number of aromatic nitrogens is 2. The number of rotatable bonds is 4. The number of aliphatic hydroxyl groups excluding tert-OH is 1. The first-order valence-corrected chi connectivity index (χ1v) is 10.8. The third kappa shape index (κ3) is 4.93. The Morgan fingerprint density at radius 2 is 1.71 bits per heavy atom. The van der Waals surface area contributed by atoms with Gasteiger partial charge in [0.1, 0.15) is 5.56 Å². The van der Waals surface area contributed by atoms with Crippen LogP contribution in [0.4, 0.5) is 19.1 Å². The van der Waals surface area contributed by atoms with Gasteiger partial charge in [-0.15, -0.1) is 0 Å². The van der Waals surface area contributed by atoms with Crippen molar-refractivity contribution >= 4 is 29.4 Å². The van der Waals surface area contributed by atoms with Gasteiger partial charge in [-0.25, -0.2) is 14.8 Å². The van der Waals surface area contributed by atoms with Gasteiger partial charge < -0.3 is 20.0 Å².